The molecule has 0 radical (unpaired) electrons. The lowest BCUT2D eigenvalue weighted by molar-refractivity contribution is 0.0693. The van der Waals surface area contributed by atoms with Crippen LogP contribution < -0.4 is 0 Å². The maximum Gasteiger partial charge on any atom is 0.339 e. The summed E-state index contributed by atoms with van der Waals surface area (Å²) in [6.45, 7) is 2.17. The van der Waals surface area contributed by atoms with E-state index in [4.69, 9.17) is 5.11 Å². The zero-order valence-corrected chi connectivity index (χ0v) is 11.4. The zero-order chi connectivity index (χ0) is 14.3. The normalized spacial score (nSPS) is 10.6. The lowest BCUT2D eigenvalue weighted by Gasteiger charge is -2.07. The van der Waals surface area contributed by atoms with Crippen LogP contribution >= 0.6 is 0 Å². The van der Waals surface area contributed by atoms with Crippen LogP contribution in [0.1, 0.15) is 61.4 Å². The van der Waals surface area contributed by atoms with Crippen molar-refractivity contribution in [3.63, 3.8) is 0 Å². The topological polar surface area (TPSA) is 77.8 Å². The van der Waals surface area contributed by atoms with Gasteiger partial charge in [-0.3, -0.25) is 0 Å². The molecule has 19 heavy (non-hydrogen) atoms. The number of aromatic hydroxyl groups is 2. The average Bonchev–Trinajstić information content (AvgIpc) is 2.36. The van der Waals surface area contributed by atoms with Gasteiger partial charge in [0, 0.05) is 0 Å². The van der Waals surface area contributed by atoms with Gasteiger partial charge in [-0.05, 0) is 30.5 Å². The standard InChI is InChI=1S/C15H22O4/c1-2-3-4-5-6-7-8-11-9-14(17)12(15(18)19)10-13(11)16/h9-10,16-17H,2-8H2,1H3,(H,18,19). The Balaban J connectivity index is 2.50. The van der Waals surface area contributed by atoms with Crippen LogP contribution in [0.2, 0.25) is 0 Å². The summed E-state index contributed by atoms with van der Waals surface area (Å²) >= 11 is 0. The van der Waals surface area contributed by atoms with E-state index in [0.29, 0.717) is 12.0 Å². The molecule has 3 N–H and O–H groups in total. The Labute approximate surface area is 113 Å². The predicted octanol–water partition coefficient (Wildman–Crippen LogP) is 3.70. The molecule has 0 aliphatic carbocycles. The predicted molar refractivity (Wildman–Crippen MR) is 73.8 cm³/mol. The van der Waals surface area contributed by atoms with E-state index < -0.39 is 5.97 Å². The molecule has 0 saturated carbocycles. The smallest absolute Gasteiger partial charge is 0.339 e. The van der Waals surface area contributed by atoms with Gasteiger partial charge in [-0.2, -0.15) is 0 Å². The molecule has 1 aromatic rings. The quantitative estimate of drug-likeness (QED) is 0.495. The SMILES string of the molecule is CCCCCCCCc1cc(O)c(C(=O)O)cc1O. The van der Waals surface area contributed by atoms with Crippen molar-refractivity contribution in [2.75, 3.05) is 0 Å². The fourth-order valence-corrected chi connectivity index (χ4v) is 2.09. The van der Waals surface area contributed by atoms with Gasteiger partial charge < -0.3 is 15.3 Å². The largest absolute Gasteiger partial charge is 0.508 e. The van der Waals surface area contributed by atoms with E-state index in [1.807, 2.05) is 0 Å². The lowest BCUT2D eigenvalue weighted by atomic mass is 10.0. The third-order valence-corrected chi connectivity index (χ3v) is 3.23. The highest BCUT2D eigenvalue weighted by Crippen LogP contribution is 2.28. The number of benzene rings is 1. The number of rotatable bonds is 8. The molecule has 0 spiro atoms. The van der Waals surface area contributed by atoms with Crippen molar-refractivity contribution in [2.24, 2.45) is 0 Å². The maximum atomic E-state index is 10.8. The number of unbranched alkanes of at least 4 members (excludes halogenated alkanes) is 5. The van der Waals surface area contributed by atoms with E-state index >= 15 is 0 Å². The molecule has 0 aromatic heterocycles. The molecule has 0 unspecified atom stereocenters. The second-order valence-corrected chi connectivity index (χ2v) is 4.82. The van der Waals surface area contributed by atoms with Crippen molar-refractivity contribution in [2.45, 2.75) is 51.9 Å². The molecule has 0 fully saturated rings. The van der Waals surface area contributed by atoms with E-state index in [1.165, 1.54) is 31.7 Å². The molecule has 0 amide bonds. The van der Waals surface area contributed by atoms with Gasteiger partial charge in [-0.25, -0.2) is 4.79 Å². The van der Waals surface area contributed by atoms with Gasteiger partial charge in [0.05, 0.1) is 0 Å². The van der Waals surface area contributed by atoms with Crippen LogP contribution in [0.3, 0.4) is 0 Å². The molecule has 1 aromatic carbocycles. The Morgan fingerprint density at radius 3 is 2.26 bits per heavy atom. The van der Waals surface area contributed by atoms with E-state index in [0.717, 1.165) is 18.9 Å². The number of carboxylic acids is 1. The minimum absolute atomic E-state index is 0.0521. The molecular weight excluding hydrogens is 244 g/mol. The third kappa shape index (κ3) is 4.81. The van der Waals surface area contributed by atoms with Gasteiger partial charge in [-0.15, -0.1) is 0 Å². The number of hydrogen-bond acceptors (Lipinski definition) is 3. The number of carboxylic acid groups (broad SMARTS) is 1. The fraction of sp³-hybridized carbons (Fsp3) is 0.533. The Morgan fingerprint density at radius 1 is 1.00 bits per heavy atom. The van der Waals surface area contributed by atoms with Crippen molar-refractivity contribution >= 4 is 5.97 Å². The number of aromatic carboxylic acids is 1. The number of carbonyl (C=O) groups is 1. The first-order chi connectivity index (χ1) is 9.06. The second kappa shape index (κ2) is 7.67. The molecule has 1 rings (SSSR count). The summed E-state index contributed by atoms with van der Waals surface area (Å²) in [5, 5.41) is 28.1. The minimum atomic E-state index is -1.24. The van der Waals surface area contributed by atoms with Crippen LogP contribution in [0.4, 0.5) is 0 Å². The van der Waals surface area contributed by atoms with Crippen molar-refractivity contribution in [3.8, 4) is 11.5 Å². The van der Waals surface area contributed by atoms with Gasteiger partial charge in [0.25, 0.3) is 0 Å². The number of aryl methyl sites for hydroxylation is 1. The summed E-state index contributed by atoms with van der Waals surface area (Å²) in [5.41, 5.74) is 0.349. The van der Waals surface area contributed by atoms with Crippen LogP contribution in [-0.4, -0.2) is 21.3 Å². The Hall–Kier alpha value is -1.71. The Morgan fingerprint density at radius 2 is 1.63 bits per heavy atom. The second-order valence-electron chi connectivity index (χ2n) is 4.82. The van der Waals surface area contributed by atoms with Crippen molar-refractivity contribution < 1.29 is 20.1 Å². The lowest BCUT2D eigenvalue weighted by Crippen LogP contribution is -1.98. The highest BCUT2D eigenvalue weighted by atomic mass is 16.4. The summed E-state index contributed by atoms with van der Waals surface area (Å²) in [5.74, 6) is -1.58. The third-order valence-electron chi connectivity index (χ3n) is 3.23. The monoisotopic (exact) mass is 266 g/mol. The maximum absolute atomic E-state index is 10.8. The highest BCUT2D eigenvalue weighted by Gasteiger charge is 2.13. The molecule has 106 valence electrons. The molecule has 4 heteroatoms. The molecule has 0 atom stereocenters. The fourth-order valence-electron chi connectivity index (χ4n) is 2.09. The Bertz CT molecular complexity index is 426. The first-order valence-corrected chi connectivity index (χ1v) is 6.84. The van der Waals surface area contributed by atoms with E-state index in [-0.39, 0.29) is 17.1 Å². The van der Waals surface area contributed by atoms with Gasteiger partial charge >= 0.3 is 5.97 Å². The first kappa shape index (κ1) is 15.3. The van der Waals surface area contributed by atoms with Gasteiger partial charge in [0.1, 0.15) is 17.1 Å². The summed E-state index contributed by atoms with van der Waals surface area (Å²) in [4.78, 5) is 10.8. The molecular formula is C15H22O4. The number of phenols is 2. The van der Waals surface area contributed by atoms with Gasteiger partial charge in [0.15, 0.2) is 0 Å². The van der Waals surface area contributed by atoms with Crippen LogP contribution in [0.25, 0.3) is 0 Å². The molecule has 4 nitrogen and oxygen atoms in total. The minimum Gasteiger partial charge on any atom is -0.508 e. The van der Waals surface area contributed by atoms with E-state index in [2.05, 4.69) is 6.92 Å². The average molecular weight is 266 g/mol. The Kier molecular flexibility index (Phi) is 6.19. The van der Waals surface area contributed by atoms with Crippen molar-refractivity contribution in [1.82, 2.24) is 0 Å². The van der Waals surface area contributed by atoms with Crippen molar-refractivity contribution in [3.05, 3.63) is 23.3 Å². The van der Waals surface area contributed by atoms with Gasteiger partial charge in [0.2, 0.25) is 0 Å². The number of hydrogen-bond donors (Lipinski definition) is 3. The van der Waals surface area contributed by atoms with E-state index in [1.54, 1.807) is 0 Å². The highest BCUT2D eigenvalue weighted by molar-refractivity contribution is 5.91. The molecule has 0 saturated heterocycles. The van der Waals surface area contributed by atoms with Crippen LogP contribution in [0, 0.1) is 0 Å². The molecule has 0 bridgehead atoms. The van der Waals surface area contributed by atoms with Crippen molar-refractivity contribution in [1.29, 1.82) is 0 Å². The summed E-state index contributed by atoms with van der Waals surface area (Å²) < 4.78 is 0. The zero-order valence-electron chi connectivity index (χ0n) is 11.4. The molecule has 0 aliphatic rings. The van der Waals surface area contributed by atoms with Crippen LogP contribution in [0.5, 0.6) is 11.5 Å². The number of phenolic OH excluding ortho intramolecular Hbond substituents is 1. The molecule has 0 aliphatic heterocycles. The van der Waals surface area contributed by atoms with Crippen LogP contribution in [0.15, 0.2) is 12.1 Å². The summed E-state index contributed by atoms with van der Waals surface area (Å²) in [6.07, 6.45) is 7.54. The first-order valence-electron chi connectivity index (χ1n) is 6.84. The van der Waals surface area contributed by atoms with Gasteiger partial charge in [-0.1, -0.05) is 39.0 Å². The molecule has 0 heterocycles. The summed E-state index contributed by atoms with van der Waals surface area (Å²) in [6, 6.07) is 2.47. The van der Waals surface area contributed by atoms with E-state index in [9.17, 15) is 15.0 Å². The van der Waals surface area contributed by atoms with Crippen LogP contribution in [-0.2, 0) is 6.42 Å². The summed E-state index contributed by atoms with van der Waals surface area (Å²) in [7, 11) is 0.